The first kappa shape index (κ1) is 16.1. The van der Waals surface area contributed by atoms with Crippen molar-refractivity contribution in [2.24, 2.45) is 0 Å². The van der Waals surface area contributed by atoms with Crippen molar-refractivity contribution in [3.63, 3.8) is 0 Å². The molecule has 0 spiro atoms. The number of rotatable bonds is 4. The lowest BCUT2D eigenvalue weighted by Gasteiger charge is -2.09. The highest BCUT2D eigenvalue weighted by atomic mass is 79.9. The first-order valence-corrected chi connectivity index (χ1v) is 8.88. The molecular formula is C17H15BrN2O2S. The largest absolute Gasteiger partial charge is 0.300 e. The van der Waals surface area contributed by atoms with Crippen LogP contribution in [0.4, 0.5) is 0 Å². The Balaban J connectivity index is 2.18. The number of carbonyl (C=O) groups is 1. The van der Waals surface area contributed by atoms with Crippen LogP contribution in [0.3, 0.4) is 0 Å². The number of fused-ring (bicyclic) bond motifs is 1. The Kier molecular flexibility index (Phi) is 4.46. The lowest BCUT2D eigenvalue weighted by Crippen LogP contribution is -2.24. The quantitative estimate of drug-likeness (QED) is 0.671. The molecule has 0 fully saturated rings. The predicted molar refractivity (Wildman–Crippen MR) is 97.1 cm³/mol. The minimum Gasteiger partial charge on any atom is -0.300 e. The number of carbonyl (C=O) groups excluding carboxylic acids is 1. The number of halogens is 1. The van der Waals surface area contributed by atoms with E-state index in [9.17, 15) is 9.59 Å². The first-order chi connectivity index (χ1) is 11.0. The van der Waals surface area contributed by atoms with E-state index < -0.39 is 0 Å². The number of hydrogen-bond acceptors (Lipinski definition) is 4. The van der Waals surface area contributed by atoms with Gasteiger partial charge in [0.05, 0.1) is 5.39 Å². The molecule has 0 radical (unpaired) electrons. The number of ketones is 1. The van der Waals surface area contributed by atoms with Gasteiger partial charge in [-0.1, -0.05) is 28.1 Å². The summed E-state index contributed by atoms with van der Waals surface area (Å²) in [5, 5.41) is 2.60. The number of aromatic nitrogens is 2. The van der Waals surface area contributed by atoms with Crippen molar-refractivity contribution in [1.29, 1.82) is 0 Å². The van der Waals surface area contributed by atoms with Gasteiger partial charge in [0.2, 0.25) is 0 Å². The Morgan fingerprint density at radius 3 is 2.65 bits per heavy atom. The van der Waals surface area contributed by atoms with E-state index in [0.717, 1.165) is 20.4 Å². The van der Waals surface area contributed by atoms with Gasteiger partial charge < -0.3 is 0 Å². The fraction of sp³-hybridized carbons (Fsp3) is 0.235. The third kappa shape index (κ3) is 3.14. The highest BCUT2D eigenvalue weighted by Gasteiger charge is 2.15. The van der Waals surface area contributed by atoms with Gasteiger partial charge in [-0.2, -0.15) is 0 Å². The zero-order valence-corrected chi connectivity index (χ0v) is 15.2. The van der Waals surface area contributed by atoms with Crippen LogP contribution in [0, 0.1) is 6.92 Å². The molecule has 0 aliphatic carbocycles. The van der Waals surface area contributed by atoms with Crippen LogP contribution < -0.4 is 5.56 Å². The Bertz CT molecular complexity index is 942. The molecule has 4 nitrogen and oxygen atoms in total. The SMILES string of the molecule is CC(=O)CCn1c(C)nc2scc(-c3ccc(Br)cc3)c2c1=O. The van der Waals surface area contributed by atoms with Gasteiger partial charge in [-0.3, -0.25) is 14.2 Å². The summed E-state index contributed by atoms with van der Waals surface area (Å²) in [5.74, 6) is 0.711. The van der Waals surface area contributed by atoms with Crippen molar-refractivity contribution >= 4 is 43.3 Å². The normalized spacial score (nSPS) is 11.1. The number of nitrogens with zero attached hydrogens (tertiary/aromatic N) is 2. The van der Waals surface area contributed by atoms with Gasteiger partial charge in [0, 0.05) is 28.4 Å². The van der Waals surface area contributed by atoms with Crippen LogP contribution in [0.2, 0.25) is 0 Å². The summed E-state index contributed by atoms with van der Waals surface area (Å²) >= 11 is 4.89. The van der Waals surface area contributed by atoms with Crippen molar-refractivity contribution in [2.75, 3.05) is 0 Å². The number of benzene rings is 1. The standard InChI is InChI=1S/C17H15BrN2O2S/c1-10(21)7-8-20-11(2)19-16-15(17(20)22)14(9-23-16)12-3-5-13(18)6-4-12/h3-6,9H,7-8H2,1-2H3. The molecule has 0 amide bonds. The van der Waals surface area contributed by atoms with E-state index in [4.69, 9.17) is 0 Å². The summed E-state index contributed by atoms with van der Waals surface area (Å²) in [7, 11) is 0. The smallest absolute Gasteiger partial charge is 0.262 e. The summed E-state index contributed by atoms with van der Waals surface area (Å²) < 4.78 is 2.59. The van der Waals surface area contributed by atoms with Crippen molar-refractivity contribution in [2.45, 2.75) is 26.8 Å². The molecule has 0 N–H and O–H groups in total. The van der Waals surface area contributed by atoms with Crippen LogP contribution in [0.15, 0.2) is 38.9 Å². The van der Waals surface area contributed by atoms with E-state index in [1.54, 1.807) is 11.5 Å². The van der Waals surface area contributed by atoms with E-state index in [1.807, 2.05) is 29.6 Å². The summed E-state index contributed by atoms with van der Waals surface area (Å²) in [4.78, 5) is 29.4. The molecule has 3 aromatic rings. The van der Waals surface area contributed by atoms with Crippen molar-refractivity contribution in [1.82, 2.24) is 9.55 Å². The molecule has 3 rings (SSSR count). The Morgan fingerprint density at radius 2 is 2.00 bits per heavy atom. The third-order valence-electron chi connectivity index (χ3n) is 3.73. The van der Waals surface area contributed by atoms with E-state index >= 15 is 0 Å². The van der Waals surface area contributed by atoms with Crippen LogP contribution in [0.1, 0.15) is 19.2 Å². The van der Waals surface area contributed by atoms with Crippen LogP contribution in [0.5, 0.6) is 0 Å². The van der Waals surface area contributed by atoms with Gasteiger partial charge in [-0.15, -0.1) is 11.3 Å². The summed E-state index contributed by atoms with van der Waals surface area (Å²) in [5.41, 5.74) is 1.81. The molecule has 0 aliphatic rings. The highest BCUT2D eigenvalue weighted by molar-refractivity contribution is 9.10. The monoisotopic (exact) mass is 390 g/mol. The van der Waals surface area contributed by atoms with Crippen LogP contribution >= 0.6 is 27.3 Å². The molecule has 0 saturated heterocycles. The third-order valence-corrected chi connectivity index (χ3v) is 5.13. The molecule has 0 unspecified atom stereocenters. The number of Topliss-reactive ketones (excluding diaryl/α,β-unsaturated/α-hetero) is 1. The molecule has 2 aromatic heterocycles. The fourth-order valence-corrected chi connectivity index (χ4v) is 3.75. The lowest BCUT2D eigenvalue weighted by atomic mass is 10.1. The summed E-state index contributed by atoms with van der Waals surface area (Å²) in [6.07, 6.45) is 0.339. The molecule has 6 heteroatoms. The van der Waals surface area contributed by atoms with E-state index in [2.05, 4.69) is 20.9 Å². The molecular weight excluding hydrogens is 376 g/mol. The highest BCUT2D eigenvalue weighted by Crippen LogP contribution is 2.31. The summed E-state index contributed by atoms with van der Waals surface area (Å²) in [6, 6.07) is 7.86. The van der Waals surface area contributed by atoms with E-state index in [1.165, 1.54) is 18.3 Å². The molecule has 0 saturated carbocycles. The van der Waals surface area contributed by atoms with Crippen LogP contribution in [0.25, 0.3) is 21.3 Å². The number of aryl methyl sites for hydroxylation is 1. The van der Waals surface area contributed by atoms with Gasteiger partial charge in [0.15, 0.2) is 0 Å². The first-order valence-electron chi connectivity index (χ1n) is 7.21. The van der Waals surface area contributed by atoms with Crippen molar-refractivity contribution in [3.8, 4) is 11.1 Å². The van der Waals surface area contributed by atoms with E-state index in [0.29, 0.717) is 24.2 Å². The molecule has 0 bridgehead atoms. The molecule has 23 heavy (non-hydrogen) atoms. The zero-order chi connectivity index (χ0) is 16.6. The van der Waals surface area contributed by atoms with Crippen LogP contribution in [-0.4, -0.2) is 15.3 Å². The Hall–Kier alpha value is -1.79. The second-order valence-corrected chi connectivity index (χ2v) is 7.18. The van der Waals surface area contributed by atoms with Crippen molar-refractivity contribution < 1.29 is 4.79 Å². The van der Waals surface area contributed by atoms with Crippen molar-refractivity contribution in [3.05, 3.63) is 50.3 Å². The predicted octanol–water partition coefficient (Wildman–Crippen LogP) is 4.18. The second kappa shape index (κ2) is 6.37. The Morgan fingerprint density at radius 1 is 1.30 bits per heavy atom. The topological polar surface area (TPSA) is 52.0 Å². The second-order valence-electron chi connectivity index (χ2n) is 5.40. The maximum absolute atomic E-state index is 12.9. The van der Waals surface area contributed by atoms with Gasteiger partial charge in [0.25, 0.3) is 5.56 Å². The van der Waals surface area contributed by atoms with Gasteiger partial charge >= 0.3 is 0 Å². The summed E-state index contributed by atoms with van der Waals surface area (Å²) in [6.45, 7) is 3.71. The average Bonchev–Trinajstić information content (AvgIpc) is 2.91. The fourth-order valence-electron chi connectivity index (χ4n) is 2.50. The van der Waals surface area contributed by atoms with Gasteiger partial charge in [-0.05, 0) is 31.5 Å². The lowest BCUT2D eigenvalue weighted by molar-refractivity contribution is -0.117. The Labute approximate surface area is 145 Å². The molecule has 1 aromatic carbocycles. The molecule has 0 aliphatic heterocycles. The maximum atomic E-state index is 12.9. The van der Waals surface area contributed by atoms with Gasteiger partial charge in [0.1, 0.15) is 16.4 Å². The van der Waals surface area contributed by atoms with E-state index in [-0.39, 0.29) is 11.3 Å². The van der Waals surface area contributed by atoms with Gasteiger partial charge in [-0.25, -0.2) is 4.98 Å². The molecule has 118 valence electrons. The van der Waals surface area contributed by atoms with Crippen LogP contribution in [-0.2, 0) is 11.3 Å². The number of hydrogen-bond donors (Lipinski definition) is 0. The molecule has 2 heterocycles. The minimum absolute atomic E-state index is 0.0647. The maximum Gasteiger partial charge on any atom is 0.262 e. The molecule has 0 atom stereocenters. The number of thiophene rings is 1. The average molecular weight is 391 g/mol. The minimum atomic E-state index is -0.0760. The zero-order valence-electron chi connectivity index (χ0n) is 12.8.